The maximum Gasteiger partial charge on any atom is 0.341 e. The number of methoxy groups -OCH3 is 2. The van der Waals surface area contributed by atoms with Gasteiger partial charge in [0.1, 0.15) is 5.75 Å². The molecule has 0 unspecified atom stereocenters. The summed E-state index contributed by atoms with van der Waals surface area (Å²) in [5, 5.41) is 0.192. The molecule has 24 heavy (non-hydrogen) atoms. The van der Waals surface area contributed by atoms with Crippen molar-refractivity contribution >= 4 is 27.7 Å². The minimum Gasteiger partial charge on any atom is -0.497 e. The molecule has 2 aromatic rings. The Morgan fingerprint density at radius 2 is 1.67 bits per heavy atom. The van der Waals surface area contributed by atoms with E-state index in [1.807, 2.05) is 0 Å². The largest absolute Gasteiger partial charge is 0.497 e. The summed E-state index contributed by atoms with van der Waals surface area (Å²) in [5.41, 5.74) is 0.197. The highest BCUT2D eigenvalue weighted by atomic mass is 35.5. The molecule has 1 atom stereocenters. The van der Waals surface area contributed by atoms with Crippen LogP contribution in [0.3, 0.4) is 0 Å². The third-order valence-electron chi connectivity index (χ3n) is 3.17. The molecule has 6 nitrogen and oxygen atoms in total. The number of esters is 1. The van der Waals surface area contributed by atoms with Crippen molar-refractivity contribution in [1.82, 2.24) is 0 Å². The molecule has 0 saturated carbocycles. The molecule has 0 saturated heterocycles. The third kappa shape index (κ3) is 4.05. The van der Waals surface area contributed by atoms with Crippen LogP contribution in [0.2, 0.25) is 5.02 Å². The van der Waals surface area contributed by atoms with Crippen molar-refractivity contribution in [2.75, 3.05) is 14.2 Å². The van der Waals surface area contributed by atoms with Crippen molar-refractivity contribution < 1.29 is 26.9 Å². The number of carbonyl (C=O) groups is 1. The zero-order chi connectivity index (χ0) is 17.7. The normalized spacial score (nSPS) is 12.5. The standard InChI is InChI=1S/C16H15ClO6S/c1-21-11-7-9-12(10-8-11)24(19,20)23-15(16(18)22-2)13-5-3-4-6-14(13)17/h3-10,15H,1-2H3/t15-/m1/s1. The van der Waals surface area contributed by atoms with Crippen molar-refractivity contribution in [3.63, 3.8) is 0 Å². The van der Waals surface area contributed by atoms with Gasteiger partial charge in [0.25, 0.3) is 10.1 Å². The van der Waals surface area contributed by atoms with E-state index in [-0.39, 0.29) is 15.5 Å². The zero-order valence-corrected chi connectivity index (χ0v) is 14.5. The van der Waals surface area contributed by atoms with Gasteiger partial charge in [0.2, 0.25) is 6.10 Å². The van der Waals surface area contributed by atoms with Crippen LogP contribution in [-0.2, 0) is 23.8 Å². The van der Waals surface area contributed by atoms with Gasteiger partial charge < -0.3 is 9.47 Å². The first kappa shape index (κ1) is 18.3. The number of ether oxygens (including phenoxy) is 2. The molecule has 0 aromatic heterocycles. The lowest BCUT2D eigenvalue weighted by Crippen LogP contribution is -2.21. The Hall–Kier alpha value is -2.09. The Kier molecular flexibility index (Phi) is 5.82. The number of benzene rings is 2. The molecule has 2 aromatic carbocycles. The summed E-state index contributed by atoms with van der Waals surface area (Å²) < 4.78 is 39.6. The number of hydrogen-bond acceptors (Lipinski definition) is 6. The Morgan fingerprint density at radius 3 is 2.21 bits per heavy atom. The van der Waals surface area contributed by atoms with Gasteiger partial charge in [-0.2, -0.15) is 8.42 Å². The van der Waals surface area contributed by atoms with Gasteiger partial charge in [0, 0.05) is 10.6 Å². The summed E-state index contributed by atoms with van der Waals surface area (Å²) in [6.45, 7) is 0. The smallest absolute Gasteiger partial charge is 0.341 e. The van der Waals surface area contributed by atoms with Gasteiger partial charge in [-0.05, 0) is 30.3 Å². The quantitative estimate of drug-likeness (QED) is 0.574. The fourth-order valence-corrected chi connectivity index (χ4v) is 3.19. The van der Waals surface area contributed by atoms with E-state index in [0.717, 1.165) is 7.11 Å². The molecular formula is C16H15ClO6S. The lowest BCUT2D eigenvalue weighted by Gasteiger charge is -2.17. The second kappa shape index (κ2) is 7.65. The van der Waals surface area contributed by atoms with E-state index < -0.39 is 22.2 Å². The van der Waals surface area contributed by atoms with Gasteiger partial charge in [-0.1, -0.05) is 29.8 Å². The third-order valence-corrected chi connectivity index (χ3v) is 4.81. The Labute approximate surface area is 145 Å². The van der Waals surface area contributed by atoms with Crippen LogP contribution < -0.4 is 4.74 Å². The summed E-state index contributed by atoms with van der Waals surface area (Å²) in [7, 11) is -1.62. The highest BCUT2D eigenvalue weighted by molar-refractivity contribution is 7.86. The summed E-state index contributed by atoms with van der Waals surface area (Å²) in [4.78, 5) is 11.9. The lowest BCUT2D eigenvalue weighted by atomic mass is 10.1. The van der Waals surface area contributed by atoms with Crippen molar-refractivity contribution in [1.29, 1.82) is 0 Å². The van der Waals surface area contributed by atoms with Crippen molar-refractivity contribution in [3.8, 4) is 5.75 Å². The number of halogens is 1. The first-order valence-electron chi connectivity index (χ1n) is 6.78. The summed E-state index contributed by atoms with van der Waals surface area (Å²) in [5.74, 6) is -0.384. The van der Waals surface area contributed by atoms with Crippen molar-refractivity contribution in [3.05, 3.63) is 59.1 Å². The van der Waals surface area contributed by atoms with E-state index in [1.165, 1.54) is 43.5 Å². The van der Waals surface area contributed by atoms with Crippen molar-refractivity contribution in [2.24, 2.45) is 0 Å². The van der Waals surface area contributed by atoms with Crippen LogP contribution in [0.4, 0.5) is 0 Å². The molecule has 0 N–H and O–H groups in total. The first-order chi connectivity index (χ1) is 11.4. The van der Waals surface area contributed by atoms with Crippen molar-refractivity contribution in [2.45, 2.75) is 11.0 Å². The average Bonchev–Trinajstić information content (AvgIpc) is 2.60. The number of carbonyl (C=O) groups excluding carboxylic acids is 1. The molecular weight excluding hydrogens is 356 g/mol. The monoisotopic (exact) mass is 370 g/mol. The van der Waals surface area contributed by atoms with E-state index >= 15 is 0 Å². The van der Waals surface area contributed by atoms with Crippen LogP contribution in [0.5, 0.6) is 5.75 Å². The maximum atomic E-state index is 12.4. The van der Waals surface area contributed by atoms with E-state index in [0.29, 0.717) is 5.75 Å². The van der Waals surface area contributed by atoms with Gasteiger partial charge in [-0.25, -0.2) is 8.98 Å². The molecule has 0 amide bonds. The van der Waals surface area contributed by atoms with Crippen LogP contribution in [0.25, 0.3) is 0 Å². The molecule has 0 aliphatic carbocycles. The number of rotatable bonds is 6. The molecule has 0 radical (unpaired) electrons. The van der Waals surface area contributed by atoms with E-state index in [2.05, 4.69) is 4.74 Å². The molecule has 0 spiro atoms. The Morgan fingerprint density at radius 1 is 1.04 bits per heavy atom. The topological polar surface area (TPSA) is 78.9 Å². The van der Waals surface area contributed by atoms with Gasteiger partial charge >= 0.3 is 5.97 Å². The summed E-state index contributed by atoms with van der Waals surface area (Å²) in [6, 6.07) is 11.9. The van der Waals surface area contributed by atoms with Gasteiger partial charge in [0.05, 0.1) is 19.1 Å². The van der Waals surface area contributed by atoms with Gasteiger partial charge in [0.15, 0.2) is 0 Å². The predicted octanol–water partition coefficient (Wildman–Crippen LogP) is 2.97. The second-order valence-electron chi connectivity index (χ2n) is 4.65. The molecule has 0 aliphatic heterocycles. The van der Waals surface area contributed by atoms with Gasteiger partial charge in [-0.15, -0.1) is 0 Å². The molecule has 0 bridgehead atoms. The Bertz CT molecular complexity index is 817. The SMILES string of the molecule is COC(=O)[C@H](OS(=O)(=O)c1ccc(OC)cc1)c1ccccc1Cl. The maximum absolute atomic E-state index is 12.4. The zero-order valence-electron chi connectivity index (χ0n) is 12.9. The minimum atomic E-state index is -4.22. The number of hydrogen-bond donors (Lipinski definition) is 0. The van der Waals surface area contributed by atoms with E-state index in [1.54, 1.807) is 12.1 Å². The Balaban J connectivity index is 2.38. The summed E-state index contributed by atoms with van der Waals surface area (Å²) >= 11 is 6.04. The summed E-state index contributed by atoms with van der Waals surface area (Å²) in [6.07, 6.45) is -1.50. The predicted molar refractivity (Wildman–Crippen MR) is 87.5 cm³/mol. The molecule has 2 rings (SSSR count). The second-order valence-corrected chi connectivity index (χ2v) is 6.63. The van der Waals surface area contributed by atoms with E-state index in [4.69, 9.17) is 20.5 Å². The van der Waals surface area contributed by atoms with Crippen LogP contribution in [0.1, 0.15) is 11.7 Å². The van der Waals surface area contributed by atoms with Gasteiger partial charge in [-0.3, -0.25) is 0 Å². The van der Waals surface area contributed by atoms with Crippen LogP contribution in [0.15, 0.2) is 53.4 Å². The average molecular weight is 371 g/mol. The highest BCUT2D eigenvalue weighted by Crippen LogP contribution is 2.30. The van der Waals surface area contributed by atoms with Crippen LogP contribution in [-0.4, -0.2) is 28.6 Å². The fourth-order valence-electron chi connectivity index (χ4n) is 1.94. The minimum absolute atomic E-state index is 0.121. The molecule has 128 valence electrons. The molecule has 0 aliphatic rings. The lowest BCUT2D eigenvalue weighted by molar-refractivity contribution is -0.149. The van der Waals surface area contributed by atoms with Crippen LogP contribution >= 0.6 is 11.6 Å². The van der Waals surface area contributed by atoms with Crippen LogP contribution in [0, 0.1) is 0 Å². The highest BCUT2D eigenvalue weighted by Gasteiger charge is 2.31. The fraction of sp³-hybridized carbons (Fsp3) is 0.188. The molecule has 8 heteroatoms. The van der Waals surface area contributed by atoms with E-state index in [9.17, 15) is 13.2 Å². The first-order valence-corrected chi connectivity index (χ1v) is 8.57. The molecule has 0 fully saturated rings. The molecule has 0 heterocycles.